The van der Waals surface area contributed by atoms with Gasteiger partial charge in [0.2, 0.25) is 16.6 Å². The molecule has 0 aromatic heterocycles. The maximum absolute atomic E-state index is 12.1. The van der Waals surface area contributed by atoms with Gasteiger partial charge in [-0.15, -0.1) is 0 Å². The van der Waals surface area contributed by atoms with Crippen LogP contribution in [0.15, 0.2) is 0 Å². The Hall–Kier alpha value is 0.274. The Kier molecular flexibility index (Phi) is 29.1. The smallest absolute Gasteiger partial charge is 0.550 e. The number of rotatable bonds is 24. The van der Waals surface area contributed by atoms with Crippen LogP contribution in [0.25, 0.3) is 0 Å². The van der Waals surface area contributed by atoms with Crippen molar-refractivity contribution in [1.29, 1.82) is 0 Å². The minimum Gasteiger partial charge on any atom is -0.550 e. The monoisotopic (exact) mass is 606 g/mol. The van der Waals surface area contributed by atoms with E-state index in [1.165, 1.54) is 0 Å². The summed E-state index contributed by atoms with van der Waals surface area (Å²) >= 11 is 0. The quantitative estimate of drug-likeness (QED) is 0.0653. The van der Waals surface area contributed by atoms with E-state index in [1.807, 2.05) is 26.2 Å². The van der Waals surface area contributed by atoms with Crippen LogP contribution in [0.1, 0.15) is 103 Å². The van der Waals surface area contributed by atoms with Gasteiger partial charge in [0.1, 0.15) is 12.5 Å². The maximum atomic E-state index is 12.1. The summed E-state index contributed by atoms with van der Waals surface area (Å²) in [6.45, 7) is 7.99. The molecular formula is C26H48Na2O9Si2. The molecule has 0 bridgehead atoms. The second kappa shape index (κ2) is 25.9. The summed E-state index contributed by atoms with van der Waals surface area (Å²) in [5, 5.41) is 20.7. The molecule has 9 nitrogen and oxygen atoms in total. The number of unbranched alkanes of at least 4 members (excludes halogenated alkanes) is 10. The van der Waals surface area contributed by atoms with Crippen LogP contribution >= 0.6 is 0 Å². The Morgan fingerprint density at radius 1 is 0.487 bits per heavy atom. The molecule has 0 unspecified atom stereocenters. The summed E-state index contributed by atoms with van der Waals surface area (Å²) in [6, 6.07) is 0. The fourth-order valence-electron chi connectivity index (χ4n) is 3.95. The molecule has 0 radical (unpaired) electrons. The molecule has 0 aliphatic rings. The van der Waals surface area contributed by atoms with Gasteiger partial charge < -0.3 is 33.4 Å². The normalized spacial score (nSPS) is 11.2. The minimum atomic E-state index is -2.27. The van der Waals surface area contributed by atoms with Crippen LogP contribution in [0.4, 0.5) is 0 Å². The van der Waals surface area contributed by atoms with Gasteiger partial charge in [-0.2, -0.15) is 0 Å². The zero-order valence-electron chi connectivity index (χ0n) is 25.4. The van der Waals surface area contributed by atoms with Crippen molar-refractivity contribution >= 4 is 40.5 Å². The average molecular weight is 607 g/mol. The second-order valence-electron chi connectivity index (χ2n) is 10.9. The van der Waals surface area contributed by atoms with Crippen molar-refractivity contribution in [2.75, 3.05) is 12.5 Å². The van der Waals surface area contributed by atoms with Gasteiger partial charge in [-0.05, 0) is 64.7 Å². The summed E-state index contributed by atoms with van der Waals surface area (Å²) < 4.78 is 17.3. The van der Waals surface area contributed by atoms with Gasteiger partial charge in [-0.1, -0.05) is 51.4 Å². The molecule has 0 aliphatic heterocycles. The van der Waals surface area contributed by atoms with Crippen LogP contribution < -0.4 is 69.3 Å². The topological polar surface area (TPSA) is 142 Å². The third-order valence-corrected chi connectivity index (χ3v) is 11.8. The number of hydrogen-bond donors (Lipinski definition) is 0. The van der Waals surface area contributed by atoms with Gasteiger partial charge in [0.15, 0.2) is 0 Å². The van der Waals surface area contributed by atoms with E-state index < -0.39 is 28.6 Å². The Morgan fingerprint density at radius 3 is 1.03 bits per heavy atom. The molecule has 216 valence electrons. The number of esters is 2. The number of carbonyl (C=O) groups excluding carboxylic acids is 4. The molecule has 0 N–H and O–H groups in total. The number of carbonyl (C=O) groups is 4. The predicted molar refractivity (Wildman–Crippen MR) is 142 cm³/mol. The average Bonchev–Trinajstić information content (AvgIpc) is 2.79. The first-order chi connectivity index (χ1) is 17.3. The first-order valence-corrected chi connectivity index (χ1v) is 20.0. The minimum absolute atomic E-state index is 0. The van der Waals surface area contributed by atoms with Gasteiger partial charge in [0.05, 0.1) is 0 Å². The molecule has 39 heavy (non-hydrogen) atoms. The van der Waals surface area contributed by atoms with Crippen molar-refractivity contribution in [3.05, 3.63) is 0 Å². The number of ether oxygens (including phenoxy) is 2. The second-order valence-corrected chi connectivity index (χ2v) is 19.4. The van der Waals surface area contributed by atoms with Crippen molar-refractivity contribution in [2.45, 2.75) is 129 Å². The van der Waals surface area contributed by atoms with Crippen LogP contribution in [-0.2, 0) is 32.8 Å². The van der Waals surface area contributed by atoms with E-state index in [0.29, 0.717) is 25.7 Å². The van der Waals surface area contributed by atoms with Crippen LogP contribution in [0.2, 0.25) is 26.2 Å². The van der Waals surface area contributed by atoms with Crippen LogP contribution in [0.3, 0.4) is 0 Å². The van der Waals surface area contributed by atoms with Crippen molar-refractivity contribution < 1.29 is 102 Å². The third-order valence-electron chi connectivity index (χ3n) is 5.74. The molecule has 13 heteroatoms. The van der Waals surface area contributed by atoms with Crippen molar-refractivity contribution in [3.8, 4) is 0 Å². The van der Waals surface area contributed by atoms with E-state index in [0.717, 1.165) is 64.2 Å². The van der Waals surface area contributed by atoms with Gasteiger partial charge in [-0.25, -0.2) is 0 Å². The predicted octanol–water partition coefficient (Wildman–Crippen LogP) is -2.67. The summed E-state index contributed by atoms with van der Waals surface area (Å²) in [7, 11) is -4.55. The number of aliphatic carboxylic acids is 2. The zero-order chi connectivity index (χ0) is 28.2. The van der Waals surface area contributed by atoms with E-state index in [9.17, 15) is 29.4 Å². The molecule has 0 aromatic rings. The zero-order valence-corrected chi connectivity index (χ0v) is 31.4. The van der Waals surface area contributed by atoms with Crippen molar-refractivity contribution in [3.63, 3.8) is 0 Å². The Balaban J connectivity index is -0.00000648. The molecule has 0 aromatic carbocycles. The van der Waals surface area contributed by atoms with E-state index in [-0.39, 0.29) is 96.4 Å². The first-order valence-electron chi connectivity index (χ1n) is 13.7. The largest absolute Gasteiger partial charge is 1.00 e. The van der Waals surface area contributed by atoms with Gasteiger partial charge in [0.25, 0.3) is 0 Å². The molecule has 0 atom stereocenters. The van der Waals surface area contributed by atoms with Crippen molar-refractivity contribution in [2.24, 2.45) is 0 Å². The third kappa shape index (κ3) is 31.0. The maximum Gasteiger partial charge on any atom is 1.00 e. The van der Waals surface area contributed by atoms with Crippen LogP contribution in [0, 0.1) is 0 Å². The molecule has 0 fully saturated rings. The summed E-state index contributed by atoms with van der Waals surface area (Å²) in [5.41, 5.74) is 0. The van der Waals surface area contributed by atoms with Crippen LogP contribution in [-0.4, -0.2) is 53.0 Å². The molecule has 0 saturated carbocycles. The Morgan fingerprint density at radius 2 is 0.744 bits per heavy atom. The fraction of sp³-hybridized carbons (Fsp3) is 0.846. The van der Waals surface area contributed by atoms with Gasteiger partial charge in [-0.3, -0.25) is 9.59 Å². The summed E-state index contributed by atoms with van der Waals surface area (Å²) in [4.78, 5) is 44.9. The molecule has 0 saturated heterocycles. The SMILES string of the molecule is C[Si](C)(COC(=O)CCCCCCCCC(=O)[O-])O[Si](C)(C)COC(=O)CCCCCCCCC(=O)[O-].[Na+].[Na+]. The molecular weight excluding hydrogens is 558 g/mol. The molecule has 0 heterocycles. The van der Waals surface area contributed by atoms with Gasteiger partial charge in [0, 0.05) is 24.8 Å². The van der Waals surface area contributed by atoms with Gasteiger partial charge >= 0.3 is 71.1 Å². The molecule has 0 spiro atoms. The number of carboxylic acid groups (broad SMARTS) is 2. The van der Waals surface area contributed by atoms with Crippen molar-refractivity contribution in [1.82, 2.24) is 0 Å². The molecule has 0 rings (SSSR count). The van der Waals surface area contributed by atoms with E-state index in [4.69, 9.17) is 13.6 Å². The number of carboxylic acids is 2. The first kappa shape index (κ1) is 43.7. The summed E-state index contributed by atoms with van der Waals surface area (Å²) in [6.07, 6.45) is 11.6. The number of hydrogen-bond acceptors (Lipinski definition) is 9. The standard InChI is InChI=1S/C26H50O9Si2.2Na/c1-36(2,21-33-25(31)19-15-11-7-5-9-13-17-23(27)28)35-37(3,4)22-34-26(32)20-16-12-8-6-10-14-18-24(29)30;;/h5-22H2,1-4H3,(H,27,28)(H,29,30);;/q;2*+1/p-2. The Bertz CT molecular complexity index is 636. The van der Waals surface area contributed by atoms with E-state index in [1.54, 1.807) is 0 Å². The van der Waals surface area contributed by atoms with E-state index in [2.05, 4.69) is 0 Å². The van der Waals surface area contributed by atoms with E-state index >= 15 is 0 Å². The fourth-order valence-corrected chi connectivity index (χ4v) is 11.4. The summed E-state index contributed by atoms with van der Waals surface area (Å²) in [5.74, 6) is -2.47. The Labute approximate surface area is 281 Å². The molecule has 0 aliphatic carbocycles. The van der Waals surface area contributed by atoms with Crippen LogP contribution in [0.5, 0.6) is 0 Å². The molecule has 0 amide bonds.